The zero-order chi connectivity index (χ0) is 23.0. The molecule has 0 aliphatic carbocycles. The summed E-state index contributed by atoms with van der Waals surface area (Å²) in [6.07, 6.45) is 3.84. The third kappa shape index (κ3) is 6.66. The van der Waals surface area contributed by atoms with Crippen molar-refractivity contribution in [2.75, 3.05) is 25.0 Å². The number of rotatable bonds is 10. The molecule has 0 saturated carbocycles. The molecule has 1 saturated heterocycles. The van der Waals surface area contributed by atoms with Crippen molar-refractivity contribution < 1.29 is 18.7 Å². The standard InChI is InChI=1S/C24H28N4O4S/c1-17-5-2-6-18(13-17)26-24-27-21(16-33-24)23(30)28(15-20-8-4-12-32-20)10-9-22(29)25-14-19-7-3-11-31-19/h2,4-6,8,12-13,16,19H,3,7,9-11,14-15H2,1H3,(H,25,29)(H,26,27)/t19-/m1/s1. The Hall–Kier alpha value is -3.17. The van der Waals surface area contributed by atoms with E-state index in [9.17, 15) is 9.59 Å². The van der Waals surface area contributed by atoms with Crippen LogP contribution < -0.4 is 10.6 Å². The van der Waals surface area contributed by atoms with Crippen LogP contribution in [0.25, 0.3) is 0 Å². The average Bonchev–Trinajstić information content (AvgIpc) is 3.58. The van der Waals surface area contributed by atoms with Crippen LogP contribution in [-0.2, 0) is 16.1 Å². The van der Waals surface area contributed by atoms with Crippen molar-refractivity contribution >= 4 is 34.0 Å². The van der Waals surface area contributed by atoms with Gasteiger partial charge in [0.2, 0.25) is 5.91 Å². The highest BCUT2D eigenvalue weighted by Gasteiger charge is 2.22. The predicted molar refractivity (Wildman–Crippen MR) is 127 cm³/mol. The number of benzene rings is 1. The van der Waals surface area contributed by atoms with Gasteiger partial charge >= 0.3 is 0 Å². The molecule has 0 bridgehead atoms. The van der Waals surface area contributed by atoms with Gasteiger partial charge in [-0.2, -0.15) is 0 Å². The van der Waals surface area contributed by atoms with E-state index in [0.29, 0.717) is 23.1 Å². The van der Waals surface area contributed by atoms with Gasteiger partial charge in [0, 0.05) is 37.2 Å². The first-order valence-electron chi connectivity index (χ1n) is 11.1. The summed E-state index contributed by atoms with van der Waals surface area (Å²) < 4.78 is 11.0. The number of nitrogens with zero attached hydrogens (tertiary/aromatic N) is 2. The molecule has 1 aliphatic rings. The molecule has 0 radical (unpaired) electrons. The van der Waals surface area contributed by atoms with E-state index in [-0.39, 0.29) is 37.4 Å². The lowest BCUT2D eigenvalue weighted by molar-refractivity contribution is -0.121. The Morgan fingerprint density at radius 2 is 2.18 bits per heavy atom. The number of furan rings is 1. The van der Waals surface area contributed by atoms with Gasteiger partial charge in [0.1, 0.15) is 11.5 Å². The van der Waals surface area contributed by atoms with Crippen LogP contribution in [0.5, 0.6) is 0 Å². The second kappa shape index (κ2) is 11.1. The minimum atomic E-state index is -0.244. The van der Waals surface area contributed by atoms with E-state index in [1.165, 1.54) is 11.3 Å². The van der Waals surface area contributed by atoms with E-state index >= 15 is 0 Å². The lowest BCUT2D eigenvalue weighted by Gasteiger charge is -2.21. The van der Waals surface area contributed by atoms with Crippen molar-refractivity contribution in [3.05, 3.63) is 65.1 Å². The number of carbonyl (C=O) groups excluding carboxylic acids is 2. The molecule has 174 valence electrons. The number of aryl methyl sites for hydroxylation is 1. The third-order valence-corrected chi connectivity index (χ3v) is 6.12. The molecule has 8 nitrogen and oxygen atoms in total. The summed E-state index contributed by atoms with van der Waals surface area (Å²) >= 11 is 1.36. The molecular weight excluding hydrogens is 440 g/mol. The lowest BCUT2D eigenvalue weighted by Crippen LogP contribution is -2.37. The van der Waals surface area contributed by atoms with Gasteiger partial charge in [-0.3, -0.25) is 9.59 Å². The number of carbonyl (C=O) groups is 2. The highest BCUT2D eigenvalue weighted by molar-refractivity contribution is 7.14. The fourth-order valence-corrected chi connectivity index (χ4v) is 4.34. The predicted octanol–water partition coefficient (Wildman–Crippen LogP) is 4.12. The van der Waals surface area contributed by atoms with E-state index in [0.717, 1.165) is 30.7 Å². The van der Waals surface area contributed by atoms with E-state index in [4.69, 9.17) is 9.15 Å². The normalized spacial score (nSPS) is 15.4. The molecule has 3 heterocycles. The maximum absolute atomic E-state index is 13.2. The maximum Gasteiger partial charge on any atom is 0.273 e. The van der Waals surface area contributed by atoms with Crippen LogP contribution in [0.1, 0.15) is 41.1 Å². The Morgan fingerprint density at radius 3 is 2.94 bits per heavy atom. The average molecular weight is 469 g/mol. The topological polar surface area (TPSA) is 96.7 Å². The van der Waals surface area contributed by atoms with Crippen LogP contribution >= 0.6 is 11.3 Å². The third-order valence-electron chi connectivity index (χ3n) is 5.37. The van der Waals surface area contributed by atoms with Gasteiger partial charge in [0.25, 0.3) is 5.91 Å². The minimum absolute atomic E-state index is 0.0872. The molecule has 1 aliphatic heterocycles. The number of hydrogen-bond donors (Lipinski definition) is 2. The summed E-state index contributed by atoms with van der Waals surface area (Å²) in [5, 5.41) is 8.51. The maximum atomic E-state index is 13.2. The number of aromatic nitrogens is 1. The number of ether oxygens (including phenoxy) is 1. The summed E-state index contributed by atoms with van der Waals surface area (Å²) in [5.41, 5.74) is 2.38. The Kier molecular flexibility index (Phi) is 7.74. The number of anilines is 2. The Labute approximate surface area is 197 Å². The highest BCUT2D eigenvalue weighted by Crippen LogP contribution is 2.23. The van der Waals surface area contributed by atoms with Crippen LogP contribution in [0.2, 0.25) is 0 Å². The molecule has 4 rings (SSSR count). The van der Waals surface area contributed by atoms with E-state index in [2.05, 4.69) is 15.6 Å². The fraction of sp³-hybridized carbons (Fsp3) is 0.375. The molecule has 2 N–H and O–H groups in total. The Bertz CT molecular complexity index is 1060. The van der Waals surface area contributed by atoms with Crippen molar-refractivity contribution in [1.29, 1.82) is 0 Å². The van der Waals surface area contributed by atoms with Crippen LogP contribution in [-0.4, -0.2) is 47.5 Å². The van der Waals surface area contributed by atoms with Crippen molar-refractivity contribution in [2.24, 2.45) is 0 Å². The molecule has 0 spiro atoms. The van der Waals surface area contributed by atoms with Gasteiger partial charge in [0.15, 0.2) is 5.13 Å². The SMILES string of the molecule is Cc1cccc(Nc2nc(C(=O)N(CCC(=O)NC[C@H]3CCCO3)Cc3ccco3)cs2)c1. The fourth-order valence-electron chi connectivity index (χ4n) is 3.64. The highest BCUT2D eigenvalue weighted by atomic mass is 32.1. The van der Waals surface area contributed by atoms with Crippen molar-refractivity contribution in [3.63, 3.8) is 0 Å². The Morgan fingerprint density at radius 1 is 1.27 bits per heavy atom. The van der Waals surface area contributed by atoms with Crippen LogP contribution in [0.4, 0.5) is 10.8 Å². The monoisotopic (exact) mass is 468 g/mol. The first kappa shape index (κ1) is 23.0. The molecule has 0 unspecified atom stereocenters. The Balaban J connectivity index is 1.37. The van der Waals surface area contributed by atoms with E-state index < -0.39 is 0 Å². The quantitative estimate of drug-likeness (QED) is 0.465. The van der Waals surface area contributed by atoms with Gasteiger partial charge in [-0.15, -0.1) is 11.3 Å². The minimum Gasteiger partial charge on any atom is -0.467 e. The molecule has 2 aromatic heterocycles. The number of hydrogen-bond acceptors (Lipinski definition) is 7. The number of thiazole rings is 1. The zero-order valence-corrected chi connectivity index (χ0v) is 19.4. The lowest BCUT2D eigenvalue weighted by atomic mass is 10.2. The zero-order valence-electron chi connectivity index (χ0n) is 18.6. The second-order valence-electron chi connectivity index (χ2n) is 8.03. The van der Waals surface area contributed by atoms with Crippen molar-refractivity contribution in [1.82, 2.24) is 15.2 Å². The first-order chi connectivity index (χ1) is 16.1. The molecule has 1 atom stereocenters. The molecule has 1 aromatic carbocycles. The van der Waals surface area contributed by atoms with E-state index in [1.807, 2.05) is 37.3 Å². The summed E-state index contributed by atoms with van der Waals surface area (Å²) in [4.78, 5) is 31.6. The summed E-state index contributed by atoms with van der Waals surface area (Å²) in [6.45, 7) is 3.80. The second-order valence-corrected chi connectivity index (χ2v) is 8.89. The number of amides is 2. The van der Waals surface area contributed by atoms with Gasteiger partial charge < -0.3 is 24.7 Å². The van der Waals surface area contributed by atoms with Crippen molar-refractivity contribution in [2.45, 2.75) is 38.8 Å². The summed E-state index contributed by atoms with van der Waals surface area (Å²) in [5.74, 6) is 0.297. The van der Waals surface area contributed by atoms with Gasteiger partial charge in [-0.05, 0) is 49.6 Å². The molecule has 2 amide bonds. The largest absolute Gasteiger partial charge is 0.467 e. The molecule has 9 heteroatoms. The van der Waals surface area contributed by atoms with Crippen LogP contribution in [0, 0.1) is 6.92 Å². The van der Waals surface area contributed by atoms with E-state index in [1.54, 1.807) is 22.6 Å². The molecule has 3 aromatic rings. The first-order valence-corrected chi connectivity index (χ1v) is 11.9. The van der Waals surface area contributed by atoms with Gasteiger partial charge in [0.05, 0.1) is 18.9 Å². The number of nitrogens with one attached hydrogen (secondary N) is 2. The molecule has 1 fully saturated rings. The van der Waals surface area contributed by atoms with Gasteiger partial charge in [-0.1, -0.05) is 12.1 Å². The van der Waals surface area contributed by atoms with Crippen LogP contribution in [0.3, 0.4) is 0 Å². The van der Waals surface area contributed by atoms with Crippen LogP contribution in [0.15, 0.2) is 52.5 Å². The molecular formula is C24H28N4O4S. The molecule has 33 heavy (non-hydrogen) atoms. The van der Waals surface area contributed by atoms with Crippen molar-refractivity contribution in [3.8, 4) is 0 Å². The summed E-state index contributed by atoms with van der Waals surface area (Å²) in [6, 6.07) is 11.5. The summed E-state index contributed by atoms with van der Waals surface area (Å²) in [7, 11) is 0. The van der Waals surface area contributed by atoms with Gasteiger partial charge in [-0.25, -0.2) is 4.98 Å². The smallest absolute Gasteiger partial charge is 0.273 e.